The van der Waals surface area contributed by atoms with Crippen molar-refractivity contribution in [2.24, 2.45) is 5.92 Å². The molecule has 104 valence electrons. The zero-order valence-electron chi connectivity index (χ0n) is 11.4. The standard InChI is InChI=1S/C15H20O4/c1-8-4-5-12-15(3,19-12)7-11-13(10(16)6-8)9(2)14(17)18-11/h6,10-13,16H,2,4-5,7H2,1,3H3/b8-6+/t10-,11+,12+,13+,15-/m1/s1. The fourth-order valence-corrected chi connectivity index (χ4v) is 3.31. The van der Waals surface area contributed by atoms with Crippen LogP contribution in [0.25, 0.3) is 0 Å². The van der Waals surface area contributed by atoms with Gasteiger partial charge in [0.05, 0.1) is 23.7 Å². The van der Waals surface area contributed by atoms with Gasteiger partial charge in [0, 0.05) is 12.0 Å². The fourth-order valence-electron chi connectivity index (χ4n) is 3.31. The molecule has 3 rings (SSSR count). The molecule has 0 aromatic heterocycles. The van der Waals surface area contributed by atoms with Gasteiger partial charge in [0.1, 0.15) is 6.10 Å². The Morgan fingerprint density at radius 2 is 2.26 bits per heavy atom. The second-order valence-electron chi connectivity index (χ2n) is 6.16. The number of rotatable bonds is 0. The van der Waals surface area contributed by atoms with Gasteiger partial charge in [-0.1, -0.05) is 18.2 Å². The summed E-state index contributed by atoms with van der Waals surface area (Å²) in [6.07, 6.45) is 3.54. The number of aliphatic hydroxyl groups is 1. The van der Waals surface area contributed by atoms with Crippen LogP contribution in [0.2, 0.25) is 0 Å². The van der Waals surface area contributed by atoms with E-state index in [9.17, 15) is 9.90 Å². The van der Waals surface area contributed by atoms with Crippen LogP contribution in [0.15, 0.2) is 23.8 Å². The molecule has 0 aromatic carbocycles. The lowest BCUT2D eigenvalue weighted by Gasteiger charge is -2.24. The van der Waals surface area contributed by atoms with Crippen molar-refractivity contribution in [3.05, 3.63) is 23.8 Å². The number of epoxide rings is 1. The Labute approximate surface area is 113 Å². The summed E-state index contributed by atoms with van der Waals surface area (Å²) in [5, 5.41) is 10.3. The number of allylic oxidation sites excluding steroid dienone is 1. The highest BCUT2D eigenvalue weighted by Crippen LogP contribution is 2.47. The Hall–Kier alpha value is -1.13. The van der Waals surface area contributed by atoms with E-state index in [1.807, 2.05) is 13.0 Å². The first-order chi connectivity index (χ1) is 8.90. The van der Waals surface area contributed by atoms with Crippen LogP contribution >= 0.6 is 0 Å². The zero-order valence-corrected chi connectivity index (χ0v) is 11.4. The maximum Gasteiger partial charge on any atom is 0.334 e. The summed E-state index contributed by atoms with van der Waals surface area (Å²) >= 11 is 0. The van der Waals surface area contributed by atoms with Gasteiger partial charge in [0.2, 0.25) is 0 Å². The molecule has 5 atom stereocenters. The van der Waals surface area contributed by atoms with Gasteiger partial charge in [0.15, 0.2) is 0 Å². The SMILES string of the molecule is C=C1C(=O)O[C@H]2C[C@@]3(C)O[C@H]3CC/C(C)=C/[C@@H](O)[C@H]12. The van der Waals surface area contributed by atoms with Crippen LogP contribution in [0.1, 0.15) is 33.1 Å². The van der Waals surface area contributed by atoms with Crippen molar-refractivity contribution in [2.45, 2.75) is 57.0 Å². The smallest absolute Gasteiger partial charge is 0.334 e. The highest BCUT2D eigenvalue weighted by molar-refractivity contribution is 5.91. The molecule has 2 saturated heterocycles. The first kappa shape index (κ1) is 12.9. The second-order valence-corrected chi connectivity index (χ2v) is 6.16. The van der Waals surface area contributed by atoms with Crippen molar-refractivity contribution >= 4 is 5.97 Å². The van der Waals surface area contributed by atoms with E-state index in [-0.39, 0.29) is 29.7 Å². The lowest BCUT2D eigenvalue weighted by Crippen LogP contribution is -2.32. The van der Waals surface area contributed by atoms with E-state index >= 15 is 0 Å². The number of carbonyl (C=O) groups excluding carboxylic acids is 1. The predicted octanol–water partition coefficient (Wildman–Crippen LogP) is 1.73. The van der Waals surface area contributed by atoms with Crippen LogP contribution in [-0.2, 0) is 14.3 Å². The van der Waals surface area contributed by atoms with Gasteiger partial charge in [-0.15, -0.1) is 0 Å². The van der Waals surface area contributed by atoms with Gasteiger partial charge >= 0.3 is 5.97 Å². The van der Waals surface area contributed by atoms with Crippen molar-refractivity contribution in [2.75, 3.05) is 0 Å². The van der Waals surface area contributed by atoms with E-state index in [2.05, 4.69) is 13.5 Å². The summed E-state index contributed by atoms with van der Waals surface area (Å²) in [6.45, 7) is 7.83. The summed E-state index contributed by atoms with van der Waals surface area (Å²) in [4.78, 5) is 11.7. The summed E-state index contributed by atoms with van der Waals surface area (Å²) in [5.74, 6) is -0.734. The predicted molar refractivity (Wildman–Crippen MR) is 69.4 cm³/mol. The third kappa shape index (κ3) is 2.13. The third-order valence-electron chi connectivity index (χ3n) is 4.59. The van der Waals surface area contributed by atoms with Crippen molar-refractivity contribution in [3.63, 3.8) is 0 Å². The van der Waals surface area contributed by atoms with E-state index < -0.39 is 6.10 Å². The normalized spacial score (nSPS) is 48.7. The molecule has 1 N–H and O–H groups in total. The van der Waals surface area contributed by atoms with Crippen LogP contribution in [0.4, 0.5) is 0 Å². The Morgan fingerprint density at radius 1 is 1.53 bits per heavy atom. The maximum atomic E-state index is 11.7. The average molecular weight is 264 g/mol. The molecule has 3 aliphatic rings. The number of hydrogen-bond acceptors (Lipinski definition) is 4. The molecule has 2 heterocycles. The number of hydrogen-bond donors (Lipinski definition) is 1. The molecular weight excluding hydrogens is 244 g/mol. The van der Waals surface area contributed by atoms with E-state index in [4.69, 9.17) is 9.47 Å². The second kappa shape index (κ2) is 4.18. The molecule has 0 spiro atoms. The molecule has 0 unspecified atom stereocenters. The van der Waals surface area contributed by atoms with Crippen molar-refractivity contribution in [1.82, 2.24) is 0 Å². The first-order valence-corrected chi connectivity index (χ1v) is 6.84. The minimum absolute atomic E-state index is 0.217. The van der Waals surface area contributed by atoms with Crippen LogP contribution in [0, 0.1) is 5.92 Å². The molecule has 4 nitrogen and oxygen atoms in total. The van der Waals surface area contributed by atoms with E-state index in [0.717, 1.165) is 18.4 Å². The van der Waals surface area contributed by atoms with Crippen LogP contribution in [-0.4, -0.2) is 35.0 Å². The molecule has 19 heavy (non-hydrogen) atoms. The molecule has 0 bridgehead atoms. The molecule has 2 fully saturated rings. The van der Waals surface area contributed by atoms with Gasteiger partial charge < -0.3 is 14.6 Å². The molecular formula is C15H20O4. The van der Waals surface area contributed by atoms with E-state index in [0.29, 0.717) is 12.0 Å². The lowest BCUT2D eigenvalue weighted by atomic mass is 9.83. The Bertz CT molecular complexity index is 467. The number of ether oxygens (including phenoxy) is 2. The summed E-state index contributed by atoms with van der Waals surface area (Å²) in [7, 11) is 0. The van der Waals surface area contributed by atoms with Crippen molar-refractivity contribution < 1.29 is 19.4 Å². The largest absolute Gasteiger partial charge is 0.458 e. The summed E-state index contributed by atoms with van der Waals surface area (Å²) in [5.41, 5.74) is 1.28. The van der Waals surface area contributed by atoms with Crippen molar-refractivity contribution in [3.8, 4) is 0 Å². The molecule has 0 radical (unpaired) electrons. The highest BCUT2D eigenvalue weighted by Gasteiger charge is 2.56. The van der Waals surface area contributed by atoms with Crippen LogP contribution < -0.4 is 0 Å². The topological polar surface area (TPSA) is 59.1 Å². The highest BCUT2D eigenvalue weighted by atomic mass is 16.6. The lowest BCUT2D eigenvalue weighted by molar-refractivity contribution is -0.140. The maximum absolute atomic E-state index is 11.7. The number of carbonyl (C=O) groups is 1. The molecule has 0 aromatic rings. The van der Waals surface area contributed by atoms with Gasteiger partial charge in [-0.2, -0.15) is 0 Å². The Kier molecular flexibility index (Phi) is 2.84. The molecule has 0 saturated carbocycles. The van der Waals surface area contributed by atoms with Crippen molar-refractivity contribution in [1.29, 1.82) is 0 Å². The van der Waals surface area contributed by atoms with Gasteiger partial charge in [-0.05, 0) is 26.7 Å². The molecule has 2 aliphatic heterocycles. The van der Waals surface area contributed by atoms with Gasteiger partial charge in [-0.25, -0.2) is 4.79 Å². The molecule has 0 amide bonds. The molecule has 1 aliphatic carbocycles. The van der Waals surface area contributed by atoms with Gasteiger partial charge in [0.25, 0.3) is 0 Å². The zero-order chi connectivity index (χ0) is 13.8. The fraction of sp³-hybridized carbons (Fsp3) is 0.667. The quantitative estimate of drug-likeness (QED) is 0.313. The first-order valence-electron chi connectivity index (χ1n) is 6.84. The molecule has 4 heteroatoms. The minimum atomic E-state index is -0.706. The average Bonchev–Trinajstić information content (AvgIpc) is 2.87. The van der Waals surface area contributed by atoms with Gasteiger partial charge in [-0.3, -0.25) is 0 Å². The number of aliphatic hydroxyl groups excluding tert-OH is 1. The summed E-state index contributed by atoms with van der Waals surface area (Å²) < 4.78 is 11.1. The third-order valence-corrected chi connectivity index (χ3v) is 4.59. The van der Waals surface area contributed by atoms with Crippen LogP contribution in [0.5, 0.6) is 0 Å². The minimum Gasteiger partial charge on any atom is -0.458 e. The van der Waals surface area contributed by atoms with E-state index in [1.165, 1.54) is 0 Å². The monoisotopic (exact) mass is 264 g/mol. The van der Waals surface area contributed by atoms with E-state index in [1.54, 1.807) is 0 Å². The summed E-state index contributed by atoms with van der Waals surface area (Å²) in [6, 6.07) is 0. The Balaban J connectivity index is 1.92. The number of fused-ring (bicyclic) bond motifs is 2. The van der Waals surface area contributed by atoms with Crippen LogP contribution in [0.3, 0.4) is 0 Å². The number of esters is 1. The Morgan fingerprint density at radius 3 is 3.00 bits per heavy atom.